The van der Waals surface area contributed by atoms with Crippen LogP contribution in [0.4, 0.5) is 11.4 Å². The van der Waals surface area contributed by atoms with Crippen LogP contribution in [0.3, 0.4) is 0 Å². The topological polar surface area (TPSA) is 87.5 Å². The Balaban J connectivity index is 1.93. The fourth-order valence-corrected chi connectivity index (χ4v) is 3.62. The number of nitrogens with one attached hydrogen (secondary N) is 1. The Labute approximate surface area is 173 Å². The molecule has 1 aromatic heterocycles. The van der Waals surface area contributed by atoms with Crippen LogP contribution < -0.4 is 10.9 Å². The molecule has 2 aromatic carbocycles. The van der Waals surface area contributed by atoms with Gasteiger partial charge in [-0.15, -0.1) is 0 Å². The number of hydroxylamine groups is 2. The van der Waals surface area contributed by atoms with Gasteiger partial charge in [0.2, 0.25) is 0 Å². The van der Waals surface area contributed by atoms with Crippen LogP contribution in [0.2, 0.25) is 0 Å². The Morgan fingerprint density at radius 2 is 1.93 bits per heavy atom. The SMILES string of the molecule is CCn1nc(-c2ccccc2)c(C(C)=O)c(Nc2cccc3c2C=CN(O)C3)c1=O. The Kier molecular flexibility index (Phi) is 5.20. The maximum atomic E-state index is 13.2. The van der Waals surface area contributed by atoms with Crippen molar-refractivity contribution in [3.63, 3.8) is 0 Å². The Hall–Kier alpha value is -3.71. The number of Topliss-reactive ketones (excluding diaryl/α,β-unsaturated/α-hetero) is 1. The number of aromatic nitrogens is 2. The zero-order chi connectivity index (χ0) is 21.3. The number of carbonyl (C=O) groups is 1. The first-order chi connectivity index (χ1) is 14.5. The van der Waals surface area contributed by atoms with Crippen LogP contribution in [0.5, 0.6) is 0 Å². The molecule has 7 heteroatoms. The second-order valence-corrected chi connectivity index (χ2v) is 7.06. The van der Waals surface area contributed by atoms with Gasteiger partial charge in [-0.05, 0) is 31.6 Å². The molecule has 0 saturated carbocycles. The van der Waals surface area contributed by atoms with Crippen molar-refractivity contribution in [2.24, 2.45) is 0 Å². The molecule has 0 aliphatic carbocycles. The van der Waals surface area contributed by atoms with E-state index in [9.17, 15) is 14.8 Å². The number of nitrogens with zero attached hydrogens (tertiary/aromatic N) is 3. The lowest BCUT2D eigenvalue weighted by molar-refractivity contribution is -0.0494. The molecule has 2 heterocycles. The van der Waals surface area contributed by atoms with Crippen molar-refractivity contribution in [2.45, 2.75) is 26.9 Å². The van der Waals surface area contributed by atoms with Gasteiger partial charge >= 0.3 is 0 Å². The van der Waals surface area contributed by atoms with Crippen molar-refractivity contribution in [1.82, 2.24) is 14.8 Å². The second-order valence-electron chi connectivity index (χ2n) is 7.06. The highest BCUT2D eigenvalue weighted by Gasteiger charge is 2.23. The van der Waals surface area contributed by atoms with Crippen molar-refractivity contribution in [3.8, 4) is 11.3 Å². The van der Waals surface area contributed by atoms with E-state index in [4.69, 9.17) is 0 Å². The summed E-state index contributed by atoms with van der Waals surface area (Å²) < 4.78 is 1.36. The van der Waals surface area contributed by atoms with Crippen LogP contribution in [0.25, 0.3) is 17.3 Å². The van der Waals surface area contributed by atoms with Gasteiger partial charge in [0.25, 0.3) is 5.56 Å². The lowest BCUT2D eigenvalue weighted by Gasteiger charge is -2.22. The molecule has 1 aliphatic heterocycles. The molecule has 1 aliphatic rings. The smallest absolute Gasteiger partial charge is 0.291 e. The highest BCUT2D eigenvalue weighted by Crippen LogP contribution is 2.31. The molecule has 0 atom stereocenters. The van der Waals surface area contributed by atoms with E-state index in [-0.39, 0.29) is 22.6 Å². The number of rotatable bonds is 5. The number of hydrogen-bond acceptors (Lipinski definition) is 6. The summed E-state index contributed by atoms with van der Waals surface area (Å²) >= 11 is 0. The predicted octanol–water partition coefficient (Wildman–Crippen LogP) is 4.05. The Bertz CT molecular complexity index is 1200. The molecule has 152 valence electrons. The van der Waals surface area contributed by atoms with Crippen molar-refractivity contribution >= 4 is 23.2 Å². The van der Waals surface area contributed by atoms with Gasteiger partial charge in [-0.2, -0.15) is 5.10 Å². The van der Waals surface area contributed by atoms with E-state index in [1.165, 1.54) is 11.6 Å². The minimum atomic E-state index is -0.358. The summed E-state index contributed by atoms with van der Waals surface area (Å²) in [6.45, 7) is 3.99. The molecule has 7 nitrogen and oxygen atoms in total. The lowest BCUT2D eigenvalue weighted by Crippen LogP contribution is -2.28. The molecule has 0 bridgehead atoms. The van der Waals surface area contributed by atoms with Crippen molar-refractivity contribution in [1.29, 1.82) is 0 Å². The fourth-order valence-electron chi connectivity index (χ4n) is 3.62. The van der Waals surface area contributed by atoms with E-state index in [1.807, 2.05) is 55.5 Å². The zero-order valence-corrected chi connectivity index (χ0v) is 16.8. The summed E-state index contributed by atoms with van der Waals surface area (Å²) in [6.07, 6.45) is 3.33. The normalized spacial score (nSPS) is 12.6. The van der Waals surface area contributed by atoms with Gasteiger partial charge in [-0.1, -0.05) is 42.5 Å². The van der Waals surface area contributed by atoms with Crippen LogP contribution in [-0.2, 0) is 13.1 Å². The zero-order valence-electron chi connectivity index (χ0n) is 16.8. The van der Waals surface area contributed by atoms with Gasteiger partial charge in [-0.3, -0.25) is 19.9 Å². The molecule has 0 radical (unpaired) electrons. The van der Waals surface area contributed by atoms with E-state index in [0.29, 0.717) is 24.5 Å². The molecule has 2 N–H and O–H groups in total. The average molecular weight is 402 g/mol. The molecule has 0 spiro atoms. The first kappa shape index (κ1) is 19.6. The molecule has 0 saturated heterocycles. The van der Waals surface area contributed by atoms with Crippen LogP contribution >= 0.6 is 0 Å². The minimum absolute atomic E-state index is 0.200. The average Bonchev–Trinajstić information content (AvgIpc) is 2.75. The summed E-state index contributed by atoms with van der Waals surface area (Å²) in [5, 5.41) is 18.5. The van der Waals surface area contributed by atoms with Gasteiger partial charge in [0, 0.05) is 29.6 Å². The maximum Gasteiger partial charge on any atom is 0.291 e. The lowest BCUT2D eigenvalue weighted by atomic mass is 10.00. The standard InChI is InChI=1S/C23H22N4O3/c1-3-27-23(29)22(20(15(2)28)21(25-27)16-8-5-4-6-9-16)24-19-11-7-10-17-14-26(30)13-12-18(17)19/h4-13,24,30H,3,14H2,1-2H3. The monoisotopic (exact) mass is 402 g/mol. The molecule has 4 rings (SSSR count). The first-order valence-corrected chi connectivity index (χ1v) is 9.73. The largest absolute Gasteiger partial charge is 0.350 e. The van der Waals surface area contributed by atoms with Crippen LogP contribution in [0.15, 0.2) is 59.5 Å². The van der Waals surface area contributed by atoms with Gasteiger partial charge in [0.15, 0.2) is 5.78 Å². The molecular weight excluding hydrogens is 380 g/mol. The number of benzene rings is 2. The summed E-state index contributed by atoms with van der Waals surface area (Å²) in [5.41, 5.74) is 3.78. The van der Waals surface area contributed by atoms with E-state index >= 15 is 0 Å². The fraction of sp³-hybridized carbons (Fsp3) is 0.174. The minimum Gasteiger partial charge on any atom is -0.350 e. The van der Waals surface area contributed by atoms with Gasteiger partial charge < -0.3 is 5.32 Å². The number of anilines is 2. The third kappa shape index (κ3) is 3.51. The van der Waals surface area contributed by atoms with E-state index in [2.05, 4.69) is 10.4 Å². The first-order valence-electron chi connectivity index (χ1n) is 9.73. The van der Waals surface area contributed by atoms with Gasteiger partial charge in [0.05, 0.1) is 12.1 Å². The van der Waals surface area contributed by atoms with Gasteiger partial charge in [-0.25, -0.2) is 4.68 Å². The molecule has 30 heavy (non-hydrogen) atoms. The molecule has 0 amide bonds. The molecule has 3 aromatic rings. The number of ketones is 1. The number of hydrogen-bond donors (Lipinski definition) is 2. The van der Waals surface area contributed by atoms with Crippen molar-refractivity contribution in [2.75, 3.05) is 5.32 Å². The summed E-state index contributed by atoms with van der Waals surface area (Å²) in [7, 11) is 0. The predicted molar refractivity (Wildman–Crippen MR) is 116 cm³/mol. The number of aryl methyl sites for hydroxylation is 1. The number of carbonyl (C=O) groups excluding carboxylic acids is 1. The molecule has 0 fully saturated rings. The summed E-state index contributed by atoms with van der Waals surface area (Å²) in [5.74, 6) is -0.244. The summed E-state index contributed by atoms with van der Waals surface area (Å²) in [4.78, 5) is 25.8. The third-order valence-electron chi connectivity index (χ3n) is 5.06. The van der Waals surface area contributed by atoms with E-state index in [0.717, 1.165) is 21.8 Å². The Morgan fingerprint density at radius 3 is 2.63 bits per heavy atom. The second kappa shape index (κ2) is 7.96. The quantitative estimate of drug-likeness (QED) is 0.626. The molecule has 0 unspecified atom stereocenters. The summed E-state index contributed by atoms with van der Waals surface area (Å²) in [6, 6.07) is 15.0. The molecular formula is C23H22N4O3. The maximum absolute atomic E-state index is 13.2. The van der Waals surface area contributed by atoms with Crippen LogP contribution in [0.1, 0.15) is 35.3 Å². The van der Waals surface area contributed by atoms with E-state index < -0.39 is 0 Å². The van der Waals surface area contributed by atoms with Crippen LogP contribution in [0, 0.1) is 0 Å². The Morgan fingerprint density at radius 1 is 1.17 bits per heavy atom. The van der Waals surface area contributed by atoms with E-state index in [1.54, 1.807) is 12.3 Å². The van der Waals surface area contributed by atoms with Crippen molar-refractivity contribution in [3.05, 3.63) is 81.8 Å². The highest BCUT2D eigenvalue weighted by molar-refractivity contribution is 6.05. The van der Waals surface area contributed by atoms with Crippen LogP contribution in [-0.4, -0.2) is 25.8 Å². The highest BCUT2D eigenvalue weighted by atomic mass is 16.5. The number of fused-ring (bicyclic) bond motifs is 1. The van der Waals surface area contributed by atoms with Gasteiger partial charge in [0.1, 0.15) is 11.4 Å². The third-order valence-corrected chi connectivity index (χ3v) is 5.06. The van der Waals surface area contributed by atoms with Crippen molar-refractivity contribution < 1.29 is 10.0 Å².